The van der Waals surface area contributed by atoms with Crippen LogP contribution >= 0.6 is 11.6 Å². The molecule has 3 aliphatic rings. The number of hydrogen-bond acceptors (Lipinski definition) is 6. The number of imide groups is 1. The lowest BCUT2D eigenvalue weighted by Gasteiger charge is -2.40. The number of amides is 4. The van der Waals surface area contributed by atoms with Crippen molar-refractivity contribution in [3.8, 4) is 0 Å². The van der Waals surface area contributed by atoms with Gasteiger partial charge in [0.1, 0.15) is 6.04 Å². The second kappa shape index (κ2) is 9.83. The van der Waals surface area contributed by atoms with E-state index in [-0.39, 0.29) is 24.3 Å². The minimum atomic E-state index is -1.09. The summed E-state index contributed by atoms with van der Waals surface area (Å²) in [6.45, 7) is 1.06. The third kappa shape index (κ3) is 4.64. The van der Waals surface area contributed by atoms with Crippen molar-refractivity contribution in [1.29, 1.82) is 0 Å². The number of carbonyl (C=O) groups excluding carboxylic acids is 4. The van der Waals surface area contributed by atoms with E-state index >= 15 is 0 Å². The molecule has 3 aliphatic heterocycles. The highest BCUT2D eigenvalue weighted by atomic mass is 35.5. The summed E-state index contributed by atoms with van der Waals surface area (Å²) >= 11 is 6.31. The molecule has 198 valence electrons. The first-order valence-corrected chi connectivity index (χ1v) is 13.1. The zero-order valence-electron chi connectivity index (χ0n) is 20.8. The van der Waals surface area contributed by atoms with Crippen LogP contribution in [0.1, 0.15) is 33.5 Å². The Labute approximate surface area is 229 Å². The molecule has 3 N–H and O–H groups in total. The number of anilines is 2. The molecule has 10 heteroatoms. The van der Waals surface area contributed by atoms with Crippen LogP contribution in [0.25, 0.3) is 0 Å². The lowest BCUT2D eigenvalue weighted by Crippen LogP contribution is -2.56. The monoisotopic (exact) mass is 544 g/mol. The van der Waals surface area contributed by atoms with Gasteiger partial charge in [-0.2, -0.15) is 0 Å². The van der Waals surface area contributed by atoms with Gasteiger partial charge in [0.2, 0.25) is 5.91 Å². The van der Waals surface area contributed by atoms with Crippen LogP contribution in [0.15, 0.2) is 66.7 Å². The van der Waals surface area contributed by atoms with Gasteiger partial charge in [-0.1, -0.05) is 48.0 Å². The number of nitrogens with zero attached hydrogens (tertiary/aromatic N) is 1. The molecule has 0 aromatic heterocycles. The molecular weight excluding hydrogens is 520 g/mol. The summed E-state index contributed by atoms with van der Waals surface area (Å²) in [5.74, 6) is -1.28. The topological polar surface area (TPSA) is 117 Å². The van der Waals surface area contributed by atoms with E-state index in [9.17, 15) is 19.2 Å². The maximum absolute atomic E-state index is 14.1. The molecule has 3 aromatic carbocycles. The van der Waals surface area contributed by atoms with Crippen molar-refractivity contribution < 1.29 is 23.9 Å². The van der Waals surface area contributed by atoms with Crippen LogP contribution in [0, 0.1) is 0 Å². The molecular formula is C29H25ClN4O5. The summed E-state index contributed by atoms with van der Waals surface area (Å²) in [4.78, 5) is 53.6. The first-order valence-electron chi connectivity index (χ1n) is 12.7. The van der Waals surface area contributed by atoms with Crippen molar-refractivity contribution in [2.24, 2.45) is 0 Å². The minimum absolute atomic E-state index is 0.141. The summed E-state index contributed by atoms with van der Waals surface area (Å²) < 4.78 is 5.89. The average molecular weight is 545 g/mol. The predicted molar refractivity (Wildman–Crippen MR) is 145 cm³/mol. The van der Waals surface area contributed by atoms with Crippen LogP contribution < -0.4 is 20.9 Å². The maximum Gasteiger partial charge on any atom is 0.422 e. The fourth-order valence-corrected chi connectivity index (χ4v) is 5.60. The summed E-state index contributed by atoms with van der Waals surface area (Å²) in [5.41, 5.74) is 2.57. The van der Waals surface area contributed by atoms with Crippen LogP contribution in [0.4, 0.5) is 16.2 Å². The van der Waals surface area contributed by atoms with Crippen LogP contribution in [0.2, 0.25) is 5.02 Å². The van der Waals surface area contributed by atoms with Crippen LogP contribution in [-0.2, 0) is 32.8 Å². The number of ether oxygens (including phenoxy) is 1. The number of nitrogens with one attached hydrogen (secondary N) is 3. The van der Waals surface area contributed by atoms with Gasteiger partial charge in [-0.25, -0.2) is 9.69 Å². The fourth-order valence-electron chi connectivity index (χ4n) is 5.43. The zero-order chi connectivity index (χ0) is 27.1. The number of fused-ring (bicyclic) bond motifs is 3. The van der Waals surface area contributed by atoms with Crippen molar-refractivity contribution in [3.63, 3.8) is 0 Å². The van der Waals surface area contributed by atoms with Gasteiger partial charge in [0.25, 0.3) is 11.8 Å². The van der Waals surface area contributed by atoms with Crippen LogP contribution in [0.3, 0.4) is 0 Å². The van der Waals surface area contributed by atoms with E-state index < -0.39 is 29.6 Å². The van der Waals surface area contributed by atoms with Gasteiger partial charge in [0.05, 0.1) is 12.1 Å². The molecule has 39 heavy (non-hydrogen) atoms. The summed E-state index contributed by atoms with van der Waals surface area (Å²) in [5, 5.41) is 9.23. The standard InChI is InChI=1S/C29H25ClN4O5/c30-20-8-9-24-21(15-20)29(10-11-31-16-29)39-28(38)34(24)27(37)23(12-17-4-2-1-3-5-17)33-26(36)19-7-6-18-14-25(35)32-22(18)13-19/h1-9,13,15,23,31H,10-12,14,16H2,(H,32,35)(H,33,36). The van der Waals surface area contributed by atoms with Gasteiger partial charge >= 0.3 is 6.09 Å². The molecule has 1 spiro atoms. The van der Waals surface area contributed by atoms with Gasteiger partial charge in [-0.15, -0.1) is 0 Å². The van der Waals surface area contributed by atoms with Crippen molar-refractivity contribution >= 4 is 46.8 Å². The quantitative estimate of drug-likeness (QED) is 0.452. The molecule has 6 rings (SSSR count). The highest BCUT2D eigenvalue weighted by Crippen LogP contribution is 2.44. The Hall–Kier alpha value is -4.21. The highest BCUT2D eigenvalue weighted by Gasteiger charge is 2.49. The lowest BCUT2D eigenvalue weighted by molar-refractivity contribution is -0.120. The largest absolute Gasteiger partial charge is 0.436 e. The molecule has 2 atom stereocenters. The summed E-state index contributed by atoms with van der Waals surface area (Å²) in [6.07, 6.45) is 0.148. The average Bonchev–Trinajstić information content (AvgIpc) is 3.54. The lowest BCUT2D eigenvalue weighted by atomic mass is 9.89. The van der Waals surface area contributed by atoms with E-state index in [0.29, 0.717) is 41.5 Å². The molecule has 3 heterocycles. The highest BCUT2D eigenvalue weighted by molar-refractivity contribution is 6.31. The first kappa shape index (κ1) is 25.1. The van der Waals surface area contributed by atoms with Crippen molar-refractivity contribution in [2.75, 3.05) is 23.3 Å². The smallest absolute Gasteiger partial charge is 0.422 e. The van der Waals surface area contributed by atoms with E-state index in [1.807, 2.05) is 30.3 Å². The molecule has 3 aromatic rings. The van der Waals surface area contributed by atoms with Crippen LogP contribution in [0.5, 0.6) is 0 Å². The van der Waals surface area contributed by atoms with E-state index in [4.69, 9.17) is 16.3 Å². The number of rotatable bonds is 5. The van der Waals surface area contributed by atoms with Gasteiger partial charge in [0.15, 0.2) is 5.60 Å². The number of hydrogen-bond donors (Lipinski definition) is 3. The van der Waals surface area contributed by atoms with Gasteiger partial charge in [-0.05, 0) is 48.0 Å². The molecule has 0 bridgehead atoms. The molecule has 0 aliphatic carbocycles. The SMILES string of the molecule is O=C1Cc2ccc(C(=O)NC(Cc3ccccc3)C(=O)N3C(=O)OC4(CCNC4)c4cc(Cl)ccc43)cc2N1. The Morgan fingerprint density at radius 1 is 1.08 bits per heavy atom. The molecule has 0 radical (unpaired) electrons. The Morgan fingerprint density at radius 3 is 2.67 bits per heavy atom. The molecule has 4 amide bonds. The fraction of sp³-hybridized carbons (Fsp3) is 0.241. The first-order chi connectivity index (χ1) is 18.8. The third-order valence-electron chi connectivity index (χ3n) is 7.38. The Kier molecular flexibility index (Phi) is 6.32. The second-order valence-corrected chi connectivity index (χ2v) is 10.4. The molecule has 1 saturated heterocycles. The van der Waals surface area contributed by atoms with E-state index in [2.05, 4.69) is 16.0 Å². The Morgan fingerprint density at radius 2 is 1.90 bits per heavy atom. The maximum atomic E-state index is 14.1. The zero-order valence-corrected chi connectivity index (χ0v) is 21.6. The number of carbonyl (C=O) groups is 4. The van der Waals surface area contributed by atoms with Crippen molar-refractivity contribution in [1.82, 2.24) is 10.6 Å². The van der Waals surface area contributed by atoms with E-state index in [0.717, 1.165) is 16.0 Å². The molecule has 0 saturated carbocycles. The summed E-state index contributed by atoms with van der Waals surface area (Å²) in [6, 6.07) is 18.0. The van der Waals surface area contributed by atoms with Crippen molar-refractivity contribution in [2.45, 2.75) is 30.9 Å². The van der Waals surface area contributed by atoms with Crippen molar-refractivity contribution in [3.05, 3.63) is 94.0 Å². The molecule has 1 fully saturated rings. The normalized spacial score (nSPS) is 20.2. The Bertz CT molecular complexity index is 1500. The second-order valence-electron chi connectivity index (χ2n) is 9.94. The van der Waals surface area contributed by atoms with E-state index in [1.54, 1.807) is 36.4 Å². The minimum Gasteiger partial charge on any atom is -0.436 e. The summed E-state index contributed by atoms with van der Waals surface area (Å²) in [7, 11) is 0. The third-order valence-corrected chi connectivity index (χ3v) is 7.61. The molecule has 9 nitrogen and oxygen atoms in total. The Balaban J connectivity index is 1.34. The number of halogens is 1. The van der Waals surface area contributed by atoms with Gasteiger partial charge in [0, 0.05) is 41.2 Å². The van der Waals surface area contributed by atoms with Gasteiger partial charge in [-0.3, -0.25) is 14.4 Å². The van der Waals surface area contributed by atoms with E-state index in [1.165, 1.54) is 0 Å². The predicted octanol–water partition coefficient (Wildman–Crippen LogP) is 3.55. The number of benzene rings is 3. The van der Waals surface area contributed by atoms with Gasteiger partial charge < -0.3 is 20.7 Å². The van der Waals surface area contributed by atoms with Crippen LogP contribution in [-0.4, -0.2) is 42.9 Å². The molecule has 2 unspecified atom stereocenters.